The summed E-state index contributed by atoms with van der Waals surface area (Å²) in [6, 6.07) is 0. The van der Waals surface area contributed by atoms with Crippen LogP contribution in [0.15, 0.2) is 0 Å². The molecule has 1 aromatic heterocycles. The van der Waals surface area contributed by atoms with Gasteiger partial charge < -0.3 is 10.0 Å². The molecule has 0 saturated carbocycles. The van der Waals surface area contributed by atoms with Gasteiger partial charge in [-0.3, -0.25) is 14.3 Å². The Morgan fingerprint density at radius 3 is 2.38 bits per heavy atom. The molecule has 0 aromatic carbocycles. The molecule has 0 radical (unpaired) electrons. The van der Waals surface area contributed by atoms with Gasteiger partial charge in [0.15, 0.2) is 0 Å². The highest BCUT2D eigenvalue weighted by molar-refractivity contribution is 5.77. The van der Waals surface area contributed by atoms with Crippen molar-refractivity contribution < 1.29 is 14.7 Å². The maximum absolute atomic E-state index is 12.2. The summed E-state index contributed by atoms with van der Waals surface area (Å²) in [5.41, 5.74) is 3.23. The van der Waals surface area contributed by atoms with Gasteiger partial charge in [-0.15, -0.1) is 0 Å². The first-order valence-electron chi connectivity index (χ1n) is 7.39. The third-order valence-electron chi connectivity index (χ3n) is 4.44. The molecule has 21 heavy (non-hydrogen) atoms. The van der Waals surface area contributed by atoms with Crippen LogP contribution in [-0.2, 0) is 23.1 Å². The zero-order valence-corrected chi connectivity index (χ0v) is 12.9. The maximum Gasteiger partial charge on any atom is 0.306 e. The highest BCUT2D eigenvalue weighted by Crippen LogP contribution is 2.19. The molecule has 1 aromatic rings. The number of rotatable bonds is 4. The standard InChI is InChI=1S/C15H23N3O3/c1-10-13(11(2)17(3)16-10)4-5-14(19)18-8-6-12(7-9-18)15(20)21/h12H,4-9H2,1-3H3,(H,20,21). The number of carbonyl (C=O) groups is 2. The molecule has 1 aliphatic heterocycles. The molecule has 1 saturated heterocycles. The number of hydrogen-bond acceptors (Lipinski definition) is 3. The molecule has 0 atom stereocenters. The van der Waals surface area contributed by atoms with Crippen LogP contribution >= 0.6 is 0 Å². The van der Waals surface area contributed by atoms with E-state index >= 15 is 0 Å². The number of carboxylic acids is 1. The summed E-state index contributed by atoms with van der Waals surface area (Å²) in [5.74, 6) is -0.929. The Morgan fingerprint density at radius 2 is 1.90 bits per heavy atom. The van der Waals surface area contributed by atoms with Crippen LogP contribution in [0.5, 0.6) is 0 Å². The van der Waals surface area contributed by atoms with Crippen molar-refractivity contribution in [3.63, 3.8) is 0 Å². The van der Waals surface area contributed by atoms with Gasteiger partial charge in [-0.2, -0.15) is 5.10 Å². The van der Waals surface area contributed by atoms with Gasteiger partial charge in [0.25, 0.3) is 0 Å². The van der Waals surface area contributed by atoms with E-state index in [-0.39, 0.29) is 11.8 Å². The average Bonchev–Trinajstić information content (AvgIpc) is 2.70. The third-order valence-corrected chi connectivity index (χ3v) is 4.44. The SMILES string of the molecule is Cc1nn(C)c(C)c1CCC(=O)N1CCC(C(=O)O)CC1. The van der Waals surface area contributed by atoms with Crippen LogP contribution in [0.2, 0.25) is 0 Å². The van der Waals surface area contributed by atoms with Gasteiger partial charge in [0.2, 0.25) is 5.91 Å². The predicted molar refractivity (Wildman–Crippen MR) is 77.9 cm³/mol. The Morgan fingerprint density at radius 1 is 1.29 bits per heavy atom. The molecule has 1 N–H and O–H groups in total. The van der Waals surface area contributed by atoms with Crippen LogP contribution in [0.25, 0.3) is 0 Å². The van der Waals surface area contributed by atoms with Crippen molar-refractivity contribution in [2.45, 2.75) is 39.5 Å². The summed E-state index contributed by atoms with van der Waals surface area (Å²) in [5, 5.41) is 13.3. The lowest BCUT2D eigenvalue weighted by atomic mass is 9.96. The Labute approximate surface area is 124 Å². The lowest BCUT2D eigenvalue weighted by Crippen LogP contribution is -2.40. The summed E-state index contributed by atoms with van der Waals surface area (Å²) in [4.78, 5) is 24.9. The van der Waals surface area contributed by atoms with E-state index in [2.05, 4.69) is 5.10 Å². The average molecular weight is 293 g/mol. The van der Waals surface area contributed by atoms with E-state index in [4.69, 9.17) is 5.11 Å². The zero-order valence-electron chi connectivity index (χ0n) is 12.9. The van der Waals surface area contributed by atoms with Gasteiger partial charge >= 0.3 is 5.97 Å². The van der Waals surface area contributed by atoms with Gasteiger partial charge in [-0.25, -0.2) is 0 Å². The molecule has 2 rings (SSSR count). The highest BCUT2D eigenvalue weighted by atomic mass is 16.4. The lowest BCUT2D eigenvalue weighted by molar-refractivity contribution is -0.145. The fraction of sp³-hybridized carbons (Fsp3) is 0.667. The number of hydrogen-bond donors (Lipinski definition) is 1. The number of aromatic nitrogens is 2. The summed E-state index contributed by atoms with van der Waals surface area (Å²) < 4.78 is 1.84. The molecule has 1 amide bonds. The fourth-order valence-electron chi connectivity index (χ4n) is 2.95. The molecule has 1 fully saturated rings. The monoisotopic (exact) mass is 293 g/mol. The second kappa shape index (κ2) is 6.28. The zero-order chi connectivity index (χ0) is 15.6. The number of amides is 1. The summed E-state index contributed by atoms with van der Waals surface area (Å²) in [7, 11) is 1.91. The van der Waals surface area contributed by atoms with Crippen molar-refractivity contribution in [3.8, 4) is 0 Å². The number of aliphatic carboxylic acids is 1. The Balaban J connectivity index is 1.87. The maximum atomic E-state index is 12.2. The van der Waals surface area contributed by atoms with E-state index in [1.807, 2.05) is 25.6 Å². The molecule has 0 unspecified atom stereocenters. The Kier molecular flexibility index (Phi) is 4.65. The van der Waals surface area contributed by atoms with Gasteiger partial charge in [0.05, 0.1) is 11.6 Å². The topological polar surface area (TPSA) is 75.4 Å². The largest absolute Gasteiger partial charge is 0.481 e. The number of carbonyl (C=O) groups excluding carboxylic acids is 1. The number of aryl methyl sites for hydroxylation is 2. The smallest absolute Gasteiger partial charge is 0.306 e. The first kappa shape index (κ1) is 15.5. The molecule has 0 aliphatic carbocycles. The molecule has 6 heteroatoms. The van der Waals surface area contributed by atoms with Gasteiger partial charge in [0, 0.05) is 32.3 Å². The highest BCUT2D eigenvalue weighted by Gasteiger charge is 2.26. The van der Waals surface area contributed by atoms with Gasteiger partial charge in [0.1, 0.15) is 0 Å². The first-order chi connectivity index (χ1) is 9.90. The van der Waals surface area contributed by atoms with Crippen molar-refractivity contribution in [1.82, 2.24) is 14.7 Å². The van der Waals surface area contributed by atoms with Crippen molar-refractivity contribution in [2.75, 3.05) is 13.1 Å². The van der Waals surface area contributed by atoms with Crippen LogP contribution in [-0.4, -0.2) is 44.8 Å². The molecular formula is C15H23N3O3. The van der Waals surface area contributed by atoms with Crippen molar-refractivity contribution in [1.29, 1.82) is 0 Å². The number of piperidine rings is 1. The van der Waals surface area contributed by atoms with Crippen LogP contribution in [0.3, 0.4) is 0 Å². The fourth-order valence-corrected chi connectivity index (χ4v) is 2.95. The third kappa shape index (κ3) is 3.43. The molecule has 116 valence electrons. The van der Waals surface area contributed by atoms with Gasteiger partial charge in [-0.1, -0.05) is 0 Å². The molecule has 0 spiro atoms. The minimum Gasteiger partial charge on any atom is -0.481 e. The number of carboxylic acid groups (broad SMARTS) is 1. The lowest BCUT2D eigenvalue weighted by Gasteiger charge is -2.30. The van der Waals surface area contributed by atoms with Crippen LogP contribution in [0.4, 0.5) is 0 Å². The summed E-state index contributed by atoms with van der Waals surface area (Å²) in [6.07, 6.45) is 2.28. The Bertz CT molecular complexity index is 543. The molecule has 6 nitrogen and oxygen atoms in total. The van der Waals surface area contributed by atoms with E-state index in [1.165, 1.54) is 0 Å². The first-order valence-corrected chi connectivity index (χ1v) is 7.39. The summed E-state index contributed by atoms with van der Waals surface area (Å²) in [6.45, 7) is 5.09. The molecule has 1 aliphatic rings. The molecule has 0 bridgehead atoms. The van der Waals surface area contributed by atoms with Crippen molar-refractivity contribution in [2.24, 2.45) is 13.0 Å². The van der Waals surface area contributed by atoms with Crippen LogP contribution < -0.4 is 0 Å². The second-order valence-electron chi connectivity index (χ2n) is 5.77. The minimum atomic E-state index is -0.747. The quantitative estimate of drug-likeness (QED) is 0.907. The van der Waals surface area contributed by atoms with E-state index in [9.17, 15) is 9.59 Å². The molecule has 2 heterocycles. The molecular weight excluding hydrogens is 270 g/mol. The number of likely N-dealkylation sites (tertiary alicyclic amines) is 1. The van der Waals surface area contributed by atoms with Crippen molar-refractivity contribution in [3.05, 3.63) is 17.0 Å². The van der Waals surface area contributed by atoms with E-state index in [0.717, 1.165) is 17.0 Å². The van der Waals surface area contributed by atoms with E-state index in [1.54, 1.807) is 4.90 Å². The van der Waals surface area contributed by atoms with Gasteiger partial charge in [-0.05, 0) is 38.7 Å². The van der Waals surface area contributed by atoms with Crippen LogP contribution in [0.1, 0.15) is 36.2 Å². The minimum absolute atomic E-state index is 0.112. The van der Waals surface area contributed by atoms with Crippen LogP contribution in [0, 0.1) is 19.8 Å². The van der Waals surface area contributed by atoms with Crippen molar-refractivity contribution >= 4 is 11.9 Å². The summed E-state index contributed by atoms with van der Waals surface area (Å²) >= 11 is 0. The normalized spacial score (nSPS) is 16.2. The predicted octanol–water partition coefficient (Wildman–Crippen LogP) is 1.29. The Hall–Kier alpha value is -1.85. The van der Waals surface area contributed by atoms with E-state index < -0.39 is 5.97 Å². The second-order valence-corrected chi connectivity index (χ2v) is 5.77. The van der Waals surface area contributed by atoms with E-state index in [0.29, 0.717) is 38.8 Å². The number of nitrogens with zero attached hydrogens (tertiary/aromatic N) is 3.